The Morgan fingerprint density at radius 2 is 1.69 bits per heavy atom. The van der Waals surface area contributed by atoms with Gasteiger partial charge in [0.15, 0.2) is 18.1 Å². The molecule has 0 radical (unpaired) electrons. The largest absolute Gasteiger partial charge is 0.497 e. The van der Waals surface area contributed by atoms with Crippen molar-refractivity contribution in [3.63, 3.8) is 0 Å². The molecule has 1 saturated carbocycles. The molecule has 0 aliphatic heterocycles. The summed E-state index contributed by atoms with van der Waals surface area (Å²) in [6, 6.07) is 12.6. The summed E-state index contributed by atoms with van der Waals surface area (Å²) in [5.41, 5.74) is 1.38. The first kappa shape index (κ1) is 20.5. The lowest BCUT2D eigenvalue weighted by Gasteiger charge is -2.23. The maximum atomic E-state index is 12.8. The average Bonchev–Trinajstić information content (AvgIpc) is 3.60. The van der Waals surface area contributed by atoms with Gasteiger partial charge in [-0.15, -0.1) is 0 Å². The molecule has 7 heteroatoms. The Kier molecular flexibility index (Phi) is 6.59. The Hall–Kier alpha value is -3.22. The van der Waals surface area contributed by atoms with Crippen molar-refractivity contribution in [1.29, 1.82) is 0 Å². The molecule has 2 aromatic rings. The van der Waals surface area contributed by atoms with Crippen molar-refractivity contribution in [2.75, 3.05) is 27.9 Å². The number of carbonyl (C=O) groups is 2. The standard InChI is InChI=1S/C22H25NO6/c1-26-18-9-4-15(5-10-18)13-23(17-7-8-17)21(24)14-29-19-11-6-16(22(25)28-3)12-20(19)27-2/h4-6,9-12,17H,7-8,13-14H2,1-3H3. The monoisotopic (exact) mass is 399 g/mol. The van der Waals surface area contributed by atoms with Crippen LogP contribution in [0.25, 0.3) is 0 Å². The van der Waals surface area contributed by atoms with Crippen LogP contribution in [0.1, 0.15) is 28.8 Å². The van der Waals surface area contributed by atoms with E-state index in [1.807, 2.05) is 29.2 Å². The Bertz CT molecular complexity index is 860. The van der Waals surface area contributed by atoms with Crippen LogP contribution < -0.4 is 14.2 Å². The lowest BCUT2D eigenvalue weighted by Crippen LogP contribution is -2.36. The fourth-order valence-corrected chi connectivity index (χ4v) is 2.99. The third-order valence-electron chi connectivity index (χ3n) is 4.76. The van der Waals surface area contributed by atoms with Gasteiger partial charge in [0.2, 0.25) is 0 Å². The molecule has 154 valence electrons. The van der Waals surface area contributed by atoms with Gasteiger partial charge < -0.3 is 23.8 Å². The minimum atomic E-state index is -0.467. The number of hydrogen-bond donors (Lipinski definition) is 0. The molecule has 0 heterocycles. The molecule has 0 atom stereocenters. The Morgan fingerprint density at radius 1 is 0.966 bits per heavy atom. The number of nitrogens with zero attached hydrogens (tertiary/aromatic N) is 1. The third kappa shape index (κ3) is 5.19. The van der Waals surface area contributed by atoms with Gasteiger partial charge in [0, 0.05) is 12.6 Å². The summed E-state index contributed by atoms with van der Waals surface area (Å²) in [4.78, 5) is 26.3. The molecule has 7 nitrogen and oxygen atoms in total. The van der Waals surface area contributed by atoms with E-state index >= 15 is 0 Å². The maximum Gasteiger partial charge on any atom is 0.337 e. The Morgan fingerprint density at radius 3 is 2.28 bits per heavy atom. The zero-order valence-electron chi connectivity index (χ0n) is 16.8. The summed E-state index contributed by atoms with van der Waals surface area (Å²) in [5.74, 6) is 0.985. The van der Waals surface area contributed by atoms with Crippen molar-refractivity contribution in [3.05, 3.63) is 53.6 Å². The molecule has 0 unspecified atom stereocenters. The number of methoxy groups -OCH3 is 3. The number of amides is 1. The van der Waals surface area contributed by atoms with Gasteiger partial charge in [-0.25, -0.2) is 4.79 Å². The maximum absolute atomic E-state index is 12.8. The highest BCUT2D eigenvalue weighted by atomic mass is 16.5. The molecule has 0 saturated heterocycles. The van der Waals surface area contributed by atoms with Crippen LogP contribution in [0.2, 0.25) is 0 Å². The van der Waals surface area contributed by atoms with E-state index in [1.54, 1.807) is 19.2 Å². The van der Waals surface area contributed by atoms with E-state index in [0.29, 0.717) is 23.6 Å². The summed E-state index contributed by atoms with van der Waals surface area (Å²) in [5, 5.41) is 0. The van der Waals surface area contributed by atoms with Crippen LogP contribution in [0.3, 0.4) is 0 Å². The van der Waals surface area contributed by atoms with E-state index in [1.165, 1.54) is 20.3 Å². The van der Waals surface area contributed by atoms with Crippen LogP contribution in [0.5, 0.6) is 17.2 Å². The fourth-order valence-electron chi connectivity index (χ4n) is 2.99. The number of ether oxygens (including phenoxy) is 4. The highest BCUT2D eigenvalue weighted by molar-refractivity contribution is 5.90. The molecule has 29 heavy (non-hydrogen) atoms. The second kappa shape index (κ2) is 9.32. The van der Waals surface area contributed by atoms with Crippen LogP contribution in [-0.2, 0) is 16.1 Å². The molecule has 1 aliphatic rings. The normalized spacial score (nSPS) is 12.8. The first-order chi connectivity index (χ1) is 14.0. The van der Waals surface area contributed by atoms with Gasteiger partial charge in [-0.1, -0.05) is 12.1 Å². The molecule has 0 spiro atoms. The topological polar surface area (TPSA) is 74.3 Å². The Balaban J connectivity index is 1.65. The summed E-state index contributed by atoms with van der Waals surface area (Å²) in [6.07, 6.45) is 2.00. The molecule has 1 aliphatic carbocycles. The minimum Gasteiger partial charge on any atom is -0.497 e. The lowest BCUT2D eigenvalue weighted by atomic mass is 10.2. The van der Waals surface area contributed by atoms with Crippen molar-refractivity contribution in [2.45, 2.75) is 25.4 Å². The van der Waals surface area contributed by atoms with E-state index in [-0.39, 0.29) is 18.6 Å². The van der Waals surface area contributed by atoms with Crippen LogP contribution in [0, 0.1) is 0 Å². The molecule has 0 N–H and O–H groups in total. The van der Waals surface area contributed by atoms with Crippen LogP contribution in [-0.4, -0.2) is 50.8 Å². The average molecular weight is 399 g/mol. The van der Waals surface area contributed by atoms with Gasteiger partial charge in [0.25, 0.3) is 5.91 Å². The predicted molar refractivity (Wildman–Crippen MR) is 106 cm³/mol. The number of carbonyl (C=O) groups excluding carboxylic acids is 2. The van der Waals surface area contributed by atoms with Gasteiger partial charge in [0.05, 0.1) is 26.9 Å². The van der Waals surface area contributed by atoms with Crippen LogP contribution in [0.4, 0.5) is 0 Å². The number of hydrogen-bond acceptors (Lipinski definition) is 6. The first-order valence-electron chi connectivity index (χ1n) is 9.37. The zero-order chi connectivity index (χ0) is 20.8. The van der Waals surface area contributed by atoms with Gasteiger partial charge >= 0.3 is 5.97 Å². The number of esters is 1. The molecule has 1 fully saturated rings. The van der Waals surface area contributed by atoms with Crippen LogP contribution in [0.15, 0.2) is 42.5 Å². The highest BCUT2D eigenvalue weighted by Crippen LogP contribution is 2.31. The molecular formula is C22H25NO6. The van der Waals surface area contributed by atoms with Gasteiger partial charge in [-0.05, 0) is 48.7 Å². The zero-order valence-corrected chi connectivity index (χ0v) is 16.8. The Labute approximate surface area is 170 Å². The minimum absolute atomic E-state index is 0.0950. The SMILES string of the molecule is COC(=O)c1ccc(OCC(=O)N(Cc2ccc(OC)cc2)C2CC2)c(OC)c1. The van der Waals surface area contributed by atoms with Crippen LogP contribution >= 0.6 is 0 Å². The van der Waals surface area contributed by atoms with Gasteiger partial charge in [-0.3, -0.25) is 4.79 Å². The van der Waals surface area contributed by atoms with E-state index in [2.05, 4.69) is 0 Å². The van der Waals surface area contributed by atoms with Crippen molar-refractivity contribution >= 4 is 11.9 Å². The molecular weight excluding hydrogens is 374 g/mol. The van der Waals surface area contributed by atoms with Crippen molar-refractivity contribution in [3.8, 4) is 17.2 Å². The molecule has 0 aromatic heterocycles. The first-order valence-corrected chi connectivity index (χ1v) is 9.37. The van der Waals surface area contributed by atoms with Crippen molar-refractivity contribution in [2.24, 2.45) is 0 Å². The summed E-state index contributed by atoms with van der Waals surface area (Å²) in [7, 11) is 4.41. The van der Waals surface area contributed by atoms with Gasteiger partial charge in [0.1, 0.15) is 5.75 Å². The fraction of sp³-hybridized carbons (Fsp3) is 0.364. The van der Waals surface area contributed by atoms with E-state index in [9.17, 15) is 9.59 Å². The molecule has 0 bridgehead atoms. The number of benzene rings is 2. The smallest absolute Gasteiger partial charge is 0.337 e. The molecule has 3 rings (SSSR count). The van der Waals surface area contributed by atoms with Gasteiger partial charge in [-0.2, -0.15) is 0 Å². The summed E-state index contributed by atoms with van der Waals surface area (Å²) >= 11 is 0. The van der Waals surface area contributed by atoms with E-state index < -0.39 is 5.97 Å². The van der Waals surface area contributed by atoms with Crippen molar-refractivity contribution < 1.29 is 28.5 Å². The molecule has 1 amide bonds. The summed E-state index contributed by atoms with van der Waals surface area (Å²) in [6.45, 7) is 0.413. The third-order valence-corrected chi connectivity index (χ3v) is 4.76. The number of rotatable bonds is 9. The van der Waals surface area contributed by atoms with E-state index in [4.69, 9.17) is 18.9 Å². The predicted octanol–water partition coefficient (Wildman–Crippen LogP) is 3.06. The quantitative estimate of drug-likeness (QED) is 0.604. The second-order valence-corrected chi connectivity index (χ2v) is 6.75. The lowest BCUT2D eigenvalue weighted by molar-refractivity contribution is -0.134. The second-order valence-electron chi connectivity index (χ2n) is 6.75. The van der Waals surface area contributed by atoms with E-state index in [0.717, 1.165) is 24.2 Å². The van der Waals surface area contributed by atoms with Crippen molar-refractivity contribution in [1.82, 2.24) is 4.90 Å². The summed E-state index contributed by atoms with van der Waals surface area (Å²) < 4.78 is 20.9. The highest BCUT2D eigenvalue weighted by Gasteiger charge is 2.32. The molecule has 2 aromatic carbocycles.